The second-order valence-electron chi connectivity index (χ2n) is 8.02. The maximum atomic E-state index is 13.5. The zero-order valence-corrected chi connectivity index (χ0v) is 16.4. The Bertz CT molecular complexity index is 900. The maximum Gasteiger partial charge on any atom is 0.147 e. The first kappa shape index (κ1) is 18.3. The van der Waals surface area contributed by atoms with Crippen molar-refractivity contribution in [2.45, 2.75) is 18.6 Å². The van der Waals surface area contributed by atoms with E-state index in [9.17, 15) is 4.79 Å². The van der Waals surface area contributed by atoms with E-state index in [-0.39, 0.29) is 23.9 Å². The summed E-state index contributed by atoms with van der Waals surface area (Å²) in [6, 6.07) is 31.5. The molecule has 2 bridgehead atoms. The Balaban J connectivity index is 1.65. The van der Waals surface area contributed by atoms with Crippen molar-refractivity contribution < 1.29 is 9.53 Å². The summed E-state index contributed by atoms with van der Waals surface area (Å²) < 4.78 is 5.96. The van der Waals surface area contributed by atoms with E-state index in [2.05, 4.69) is 83.8 Å². The van der Waals surface area contributed by atoms with E-state index >= 15 is 0 Å². The molecule has 0 aromatic heterocycles. The van der Waals surface area contributed by atoms with Gasteiger partial charge in [0.05, 0.1) is 25.0 Å². The third-order valence-electron chi connectivity index (χ3n) is 6.29. The van der Waals surface area contributed by atoms with Gasteiger partial charge in [-0.05, 0) is 16.7 Å². The summed E-state index contributed by atoms with van der Waals surface area (Å²) in [5.41, 5.74) is 3.64. The molecule has 2 unspecified atom stereocenters. The molecule has 3 nitrogen and oxygen atoms in total. The van der Waals surface area contributed by atoms with Crippen molar-refractivity contribution in [2.75, 3.05) is 13.2 Å². The summed E-state index contributed by atoms with van der Waals surface area (Å²) in [4.78, 5) is 16.0. The number of carbonyl (C=O) groups is 1. The van der Waals surface area contributed by atoms with Gasteiger partial charge in [0.2, 0.25) is 0 Å². The van der Waals surface area contributed by atoms with E-state index in [1.165, 1.54) is 16.7 Å². The summed E-state index contributed by atoms with van der Waals surface area (Å²) in [5.74, 6) is 0.0999. The van der Waals surface area contributed by atoms with Gasteiger partial charge in [-0.2, -0.15) is 0 Å². The van der Waals surface area contributed by atoms with Crippen molar-refractivity contribution in [1.82, 2.24) is 4.90 Å². The fraction of sp³-hybridized carbons (Fsp3) is 0.269. The second-order valence-corrected chi connectivity index (χ2v) is 8.02. The van der Waals surface area contributed by atoms with Crippen LogP contribution in [0.4, 0.5) is 0 Å². The van der Waals surface area contributed by atoms with Gasteiger partial charge in [-0.1, -0.05) is 91.0 Å². The molecule has 2 aliphatic rings. The van der Waals surface area contributed by atoms with E-state index in [0.29, 0.717) is 19.0 Å². The van der Waals surface area contributed by atoms with Crippen molar-refractivity contribution >= 4 is 5.78 Å². The molecule has 0 aliphatic carbocycles. The van der Waals surface area contributed by atoms with Crippen molar-refractivity contribution in [3.63, 3.8) is 0 Å². The van der Waals surface area contributed by atoms with Gasteiger partial charge in [-0.3, -0.25) is 9.69 Å². The molecular formula is C26H25NO2. The number of carbonyl (C=O) groups excluding carboxylic acids is 1. The Kier molecular flexibility index (Phi) is 5.01. The molecule has 0 radical (unpaired) electrons. The Morgan fingerprint density at radius 1 is 0.690 bits per heavy atom. The number of nitrogens with zero attached hydrogens (tertiary/aromatic N) is 1. The first-order valence-electron chi connectivity index (χ1n) is 10.3. The Hall–Kier alpha value is -2.75. The van der Waals surface area contributed by atoms with Crippen molar-refractivity contribution in [3.05, 3.63) is 108 Å². The van der Waals surface area contributed by atoms with E-state index in [4.69, 9.17) is 4.74 Å². The van der Waals surface area contributed by atoms with Crippen LogP contribution in [0.15, 0.2) is 91.0 Å². The van der Waals surface area contributed by atoms with Gasteiger partial charge in [-0.15, -0.1) is 0 Å². The molecule has 4 atom stereocenters. The quantitative estimate of drug-likeness (QED) is 0.647. The standard InChI is InChI=1S/C26H25NO2/c28-26-22-17-29-18-23(26)25(21-14-8-3-9-15-21)27(16-19-10-4-1-5-11-19)24(22)20-12-6-2-7-13-20/h1-15,22-25H,16-18H2/t22?,23?,24-,25-/m1/s1. The molecule has 3 aromatic rings. The van der Waals surface area contributed by atoms with E-state index in [1.54, 1.807) is 0 Å². The number of hydrogen-bond donors (Lipinski definition) is 0. The summed E-state index contributed by atoms with van der Waals surface area (Å²) in [6.07, 6.45) is 0. The number of rotatable bonds is 4. The van der Waals surface area contributed by atoms with Crippen LogP contribution >= 0.6 is 0 Å². The fourth-order valence-corrected chi connectivity index (χ4v) is 5.03. The maximum absolute atomic E-state index is 13.5. The van der Waals surface area contributed by atoms with Crippen LogP contribution in [0.2, 0.25) is 0 Å². The molecule has 3 aromatic carbocycles. The zero-order chi connectivity index (χ0) is 19.6. The van der Waals surface area contributed by atoms with Crippen LogP contribution in [0.3, 0.4) is 0 Å². The lowest BCUT2D eigenvalue weighted by molar-refractivity contribution is -0.160. The first-order valence-corrected chi connectivity index (χ1v) is 10.3. The average Bonchev–Trinajstić information content (AvgIpc) is 2.77. The monoisotopic (exact) mass is 383 g/mol. The molecule has 0 saturated carbocycles. The van der Waals surface area contributed by atoms with Crippen LogP contribution < -0.4 is 0 Å². The van der Waals surface area contributed by atoms with Crippen molar-refractivity contribution in [1.29, 1.82) is 0 Å². The Morgan fingerprint density at radius 2 is 1.14 bits per heavy atom. The highest BCUT2D eigenvalue weighted by Gasteiger charge is 2.51. The molecule has 146 valence electrons. The van der Waals surface area contributed by atoms with Gasteiger partial charge in [0, 0.05) is 18.6 Å². The molecule has 2 saturated heterocycles. The third kappa shape index (κ3) is 3.41. The molecule has 0 amide bonds. The number of ether oxygens (including phenoxy) is 1. The molecular weight excluding hydrogens is 358 g/mol. The van der Waals surface area contributed by atoms with Crippen LogP contribution in [-0.4, -0.2) is 23.9 Å². The van der Waals surface area contributed by atoms with Gasteiger partial charge < -0.3 is 4.74 Å². The van der Waals surface area contributed by atoms with Crippen molar-refractivity contribution in [2.24, 2.45) is 11.8 Å². The minimum absolute atomic E-state index is 0.00524. The molecule has 0 N–H and O–H groups in total. The first-order chi connectivity index (χ1) is 14.3. The second kappa shape index (κ2) is 7.94. The number of ketones is 1. The lowest BCUT2D eigenvalue weighted by Gasteiger charge is -2.52. The minimum Gasteiger partial charge on any atom is -0.380 e. The van der Waals surface area contributed by atoms with Crippen LogP contribution in [0.25, 0.3) is 0 Å². The smallest absolute Gasteiger partial charge is 0.147 e. The van der Waals surface area contributed by atoms with Gasteiger partial charge in [0.15, 0.2) is 0 Å². The number of piperidine rings is 1. The van der Waals surface area contributed by atoms with Crippen LogP contribution in [-0.2, 0) is 16.1 Å². The van der Waals surface area contributed by atoms with E-state index in [0.717, 1.165) is 6.54 Å². The highest BCUT2D eigenvalue weighted by atomic mass is 16.5. The number of Topliss-reactive ketones (excluding diaryl/α,β-unsaturated/α-hetero) is 1. The highest BCUT2D eigenvalue weighted by Crippen LogP contribution is 2.49. The zero-order valence-electron chi connectivity index (χ0n) is 16.4. The molecule has 2 heterocycles. The lowest BCUT2D eigenvalue weighted by atomic mass is 9.72. The van der Waals surface area contributed by atoms with Crippen LogP contribution in [0.5, 0.6) is 0 Å². The number of fused-ring (bicyclic) bond motifs is 2. The SMILES string of the molecule is O=C1C2COCC1[C@@H](c1ccccc1)N(Cc1ccccc1)[C@@H]2c1ccccc1. The Morgan fingerprint density at radius 3 is 1.62 bits per heavy atom. The van der Waals surface area contributed by atoms with Gasteiger partial charge in [0.25, 0.3) is 0 Å². The largest absolute Gasteiger partial charge is 0.380 e. The lowest BCUT2D eigenvalue weighted by Crippen LogP contribution is -2.55. The van der Waals surface area contributed by atoms with Gasteiger partial charge >= 0.3 is 0 Å². The molecule has 29 heavy (non-hydrogen) atoms. The van der Waals surface area contributed by atoms with Crippen LogP contribution in [0, 0.1) is 11.8 Å². The van der Waals surface area contributed by atoms with Crippen LogP contribution in [0.1, 0.15) is 28.8 Å². The summed E-state index contributed by atoms with van der Waals surface area (Å²) in [7, 11) is 0. The van der Waals surface area contributed by atoms with E-state index in [1.807, 2.05) is 12.1 Å². The number of likely N-dealkylation sites (tertiary alicyclic amines) is 1. The Labute approximate surface area is 171 Å². The normalized spacial score (nSPS) is 27.0. The fourth-order valence-electron chi connectivity index (χ4n) is 5.03. The van der Waals surface area contributed by atoms with E-state index < -0.39 is 0 Å². The molecule has 2 aliphatic heterocycles. The summed E-state index contributed by atoms with van der Waals surface area (Å²) in [5, 5.41) is 0. The predicted octanol–water partition coefficient (Wildman–Crippen LogP) is 4.82. The number of hydrogen-bond acceptors (Lipinski definition) is 3. The molecule has 5 rings (SSSR count). The average molecular weight is 383 g/mol. The molecule has 2 fully saturated rings. The van der Waals surface area contributed by atoms with Crippen molar-refractivity contribution in [3.8, 4) is 0 Å². The predicted molar refractivity (Wildman–Crippen MR) is 113 cm³/mol. The number of benzene rings is 3. The third-order valence-corrected chi connectivity index (χ3v) is 6.29. The van der Waals surface area contributed by atoms with Gasteiger partial charge in [0.1, 0.15) is 5.78 Å². The minimum atomic E-state index is -0.125. The highest BCUT2D eigenvalue weighted by molar-refractivity contribution is 5.87. The molecule has 0 spiro atoms. The summed E-state index contributed by atoms with van der Waals surface area (Å²) in [6.45, 7) is 1.81. The molecule has 3 heteroatoms. The topological polar surface area (TPSA) is 29.5 Å². The summed E-state index contributed by atoms with van der Waals surface area (Å²) >= 11 is 0. The van der Waals surface area contributed by atoms with Gasteiger partial charge in [-0.25, -0.2) is 0 Å².